The number of benzene rings is 1. The highest BCUT2D eigenvalue weighted by Gasteiger charge is 2.14. The van der Waals surface area contributed by atoms with E-state index in [1.165, 1.54) is 11.8 Å². The SMILES string of the molecule is C=C(C)N(C(C)=O)c1cc(OC)cc(OC)c1. The first kappa shape index (κ1) is 13.1. The lowest BCUT2D eigenvalue weighted by Crippen LogP contribution is -2.25. The third kappa shape index (κ3) is 3.00. The van der Waals surface area contributed by atoms with E-state index in [0.717, 1.165) is 0 Å². The third-order valence-corrected chi connectivity index (χ3v) is 2.29. The van der Waals surface area contributed by atoms with E-state index in [1.54, 1.807) is 39.3 Å². The quantitative estimate of drug-likeness (QED) is 0.805. The zero-order chi connectivity index (χ0) is 13.0. The predicted octanol–water partition coefficient (Wildman–Crippen LogP) is 2.59. The van der Waals surface area contributed by atoms with Crippen molar-refractivity contribution >= 4 is 11.6 Å². The van der Waals surface area contributed by atoms with E-state index in [9.17, 15) is 4.79 Å². The van der Waals surface area contributed by atoms with Gasteiger partial charge in [0.2, 0.25) is 5.91 Å². The lowest BCUT2D eigenvalue weighted by Gasteiger charge is -2.22. The number of anilines is 1. The summed E-state index contributed by atoms with van der Waals surface area (Å²) in [5.41, 5.74) is 1.33. The molecule has 0 heterocycles. The highest BCUT2D eigenvalue weighted by Crippen LogP contribution is 2.30. The Hall–Kier alpha value is -1.97. The van der Waals surface area contributed by atoms with Crippen LogP contribution in [0.25, 0.3) is 0 Å². The maximum Gasteiger partial charge on any atom is 0.228 e. The van der Waals surface area contributed by atoms with Crippen molar-refractivity contribution in [2.45, 2.75) is 13.8 Å². The highest BCUT2D eigenvalue weighted by molar-refractivity contribution is 5.94. The van der Waals surface area contributed by atoms with Gasteiger partial charge in [-0.2, -0.15) is 0 Å². The van der Waals surface area contributed by atoms with Crippen LogP contribution in [-0.4, -0.2) is 20.1 Å². The molecule has 0 saturated carbocycles. The molecular weight excluding hydrogens is 218 g/mol. The third-order valence-electron chi connectivity index (χ3n) is 2.29. The molecule has 1 rings (SSSR count). The molecule has 0 saturated heterocycles. The summed E-state index contributed by atoms with van der Waals surface area (Å²) < 4.78 is 10.3. The molecule has 0 aliphatic carbocycles. The molecule has 0 unspecified atom stereocenters. The summed E-state index contributed by atoms with van der Waals surface area (Å²) in [4.78, 5) is 13.1. The zero-order valence-corrected chi connectivity index (χ0v) is 10.6. The van der Waals surface area contributed by atoms with Gasteiger partial charge in [0.05, 0.1) is 19.9 Å². The fraction of sp³-hybridized carbons (Fsp3) is 0.308. The van der Waals surface area contributed by atoms with E-state index in [-0.39, 0.29) is 5.91 Å². The second-order valence-corrected chi connectivity index (χ2v) is 3.66. The lowest BCUT2D eigenvalue weighted by molar-refractivity contribution is -0.116. The Labute approximate surface area is 101 Å². The molecule has 4 heteroatoms. The van der Waals surface area contributed by atoms with Gasteiger partial charge in [-0.15, -0.1) is 0 Å². The fourth-order valence-corrected chi connectivity index (χ4v) is 1.59. The number of carbonyl (C=O) groups is 1. The first-order valence-electron chi connectivity index (χ1n) is 5.19. The molecule has 4 nitrogen and oxygen atoms in total. The normalized spacial score (nSPS) is 9.65. The van der Waals surface area contributed by atoms with Crippen LogP contribution in [0, 0.1) is 0 Å². The minimum absolute atomic E-state index is 0.104. The van der Waals surface area contributed by atoms with Crippen LogP contribution in [0.5, 0.6) is 11.5 Å². The Morgan fingerprint density at radius 3 is 1.88 bits per heavy atom. The molecule has 1 amide bonds. The maximum atomic E-state index is 11.6. The van der Waals surface area contributed by atoms with Crippen LogP contribution in [0.3, 0.4) is 0 Å². The second-order valence-electron chi connectivity index (χ2n) is 3.66. The van der Waals surface area contributed by atoms with Crippen LogP contribution in [0.15, 0.2) is 30.5 Å². The number of carbonyl (C=O) groups excluding carboxylic acids is 1. The molecule has 0 spiro atoms. The Morgan fingerprint density at radius 1 is 1.12 bits per heavy atom. The van der Waals surface area contributed by atoms with Crippen molar-refractivity contribution in [1.82, 2.24) is 0 Å². The minimum Gasteiger partial charge on any atom is -0.497 e. The minimum atomic E-state index is -0.104. The van der Waals surface area contributed by atoms with Crippen LogP contribution < -0.4 is 14.4 Å². The van der Waals surface area contributed by atoms with Crippen molar-refractivity contribution in [2.24, 2.45) is 0 Å². The van der Waals surface area contributed by atoms with Gasteiger partial charge in [-0.3, -0.25) is 9.69 Å². The molecular formula is C13H17NO3. The van der Waals surface area contributed by atoms with Crippen LogP contribution in [-0.2, 0) is 4.79 Å². The monoisotopic (exact) mass is 235 g/mol. The Balaban J connectivity index is 3.27. The van der Waals surface area contributed by atoms with E-state index >= 15 is 0 Å². The number of methoxy groups -OCH3 is 2. The molecule has 0 aliphatic heterocycles. The summed E-state index contributed by atoms with van der Waals surface area (Å²) >= 11 is 0. The molecule has 17 heavy (non-hydrogen) atoms. The molecule has 0 radical (unpaired) electrons. The standard InChI is InChI=1S/C13H17NO3/c1-9(2)14(10(3)15)11-6-12(16-4)8-13(7-11)17-5/h6-8H,1H2,2-5H3. The van der Waals surface area contributed by atoms with E-state index in [4.69, 9.17) is 9.47 Å². The van der Waals surface area contributed by atoms with Gasteiger partial charge < -0.3 is 9.47 Å². The number of amides is 1. The molecule has 0 bridgehead atoms. The van der Waals surface area contributed by atoms with Crippen LogP contribution >= 0.6 is 0 Å². The molecule has 0 atom stereocenters. The van der Waals surface area contributed by atoms with Crippen molar-refractivity contribution < 1.29 is 14.3 Å². The van der Waals surface area contributed by atoms with Gasteiger partial charge in [-0.1, -0.05) is 6.58 Å². The summed E-state index contributed by atoms with van der Waals surface area (Å²) in [5, 5.41) is 0. The smallest absolute Gasteiger partial charge is 0.228 e. The number of ether oxygens (including phenoxy) is 2. The summed E-state index contributed by atoms with van der Waals surface area (Å²) in [7, 11) is 3.13. The summed E-state index contributed by atoms with van der Waals surface area (Å²) in [6.07, 6.45) is 0. The average Bonchev–Trinajstić information content (AvgIpc) is 2.27. The lowest BCUT2D eigenvalue weighted by atomic mass is 10.2. The first-order valence-corrected chi connectivity index (χ1v) is 5.19. The molecule has 1 aromatic rings. The second kappa shape index (κ2) is 5.39. The van der Waals surface area contributed by atoms with Gasteiger partial charge in [0, 0.05) is 30.8 Å². The number of rotatable bonds is 4. The van der Waals surface area contributed by atoms with Gasteiger partial charge in [-0.25, -0.2) is 0 Å². The Morgan fingerprint density at radius 2 is 1.59 bits per heavy atom. The van der Waals surface area contributed by atoms with Gasteiger partial charge >= 0.3 is 0 Å². The van der Waals surface area contributed by atoms with E-state index in [1.807, 2.05) is 0 Å². The zero-order valence-electron chi connectivity index (χ0n) is 10.6. The molecule has 0 N–H and O–H groups in total. The average molecular weight is 235 g/mol. The predicted molar refractivity (Wildman–Crippen MR) is 67.5 cm³/mol. The van der Waals surface area contributed by atoms with Crippen molar-refractivity contribution in [1.29, 1.82) is 0 Å². The largest absolute Gasteiger partial charge is 0.497 e. The van der Waals surface area contributed by atoms with Crippen LogP contribution in [0.4, 0.5) is 5.69 Å². The Bertz CT molecular complexity index is 404. The molecule has 92 valence electrons. The number of hydrogen-bond acceptors (Lipinski definition) is 3. The fourth-order valence-electron chi connectivity index (χ4n) is 1.59. The van der Waals surface area contributed by atoms with Crippen molar-refractivity contribution in [3.05, 3.63) is 30.5 Å². The van der Waals surface area contributed by atoms with Gasteiger partial charge in [0.15, 0.2) is 0 Å². The summed E-state index contributed by atoms with van der Waals surface area (Å²) in [6.45, 7) is 7.05. The first-order chi connectivity index (χ1) is 7.99. The molecule has 0 aliphatic rings. The number of hydrogen-bond donors (Lipinski definition) is 0. The van der Waals surface area contributed by atoms with E-state index in [0.29, 0.717) is 22.9 Å². The number of nitrogens with zero attached hydrogens (tertiary/aromatic N) is 1. The van der Waals surface area contributed by atoms with Gasteiger partial charge in [0.25, 0.3) is 0 Å². The van der Waals surface area contributed by atoms with Gasteiger partial charge in [-0.05, 0) is 6.92 Å². The molecule has 1 aromatic carbocycles. The van der Waals surface area contributed by atoms with E-state index < -0.39 is 0 Å². The molecule has 0 fully saturated rings. The summed E-state index contributed by atoms with van der Waals surface area (Å²) in [6, 6.07) is 5.28. The van der Waals surface area contributed by atoms with E-state index in [2.05, 4.69) is 6.58 Å². The summed E-state index contributed by atoms with van der Waals surface area (Å²) in [5.74, 6) is 1.16. The number of allylic oxidation sites excluding steroid dienone is 1. The molecule has 0 aromatic heterocycles. The van der Waals surface area contributed by atoms with Crippen LogP contribution in [0.1, 0.15) is 13.8 Å². The van der Waals surface area contributed by atoms with Crippen molar-refractivity contribution in [3.63, 3.8) is 0 Å². The van der Waals surface area contributed by atoms with Crippen molar-refractivity contribution in [3.8, 4) is 11.5 Å². The highest BCUT2D eigenvalue weighted by atomic mass is 16.5. The van der Waals surface area contributed by atoms with Crippen molar-refractivity contribution in [2.75, 3.05) is 19.1 Å². The maximum absolute atomic E-state index is 11.6. The topological polar surface area (TPSA) is 38.8 Å². The van der Waals surface area contributed by atoms with Crippen LogP contribution in [0.2, 0.25) is 0 Å². The Kier molecular flexibility index (Phi) is 4.15. The van der Waals surface area contributed by atoms with Gasteiger partial charge in [0.1, 0.15) is 11.5 Å².